The lowest BCUT2D eigenvalue weighted by Crippen LogP contribution is -2.16. The van der Waals surface area contributed by atoms with E-state index in [1.807, 2.05) is 25.1 Å². The van der Waals surface area contributed by atoms with Crippen LogP contribution in [0.3, 0.4) is 0 Å². The van der Waals surface area contributed by atoms with Crippen LogP contribution >= 0.6 is 0 Å². The quantitative estimate of drug-likeness (QED) is 0.578. The molecule has 0 amide bonds. The summed E-state index contributed by atoms with van der Waals surface area (Å²) in [5.41, 5.74) is 1.08. The highest BCUT2D eigenvalue weighted by atomic mass is 16.5. The smallest absolute Gasteiger partial charge is 0.165 e. The Bertz CT molecular complexity index is 385. The molecule has 0 aromatic heterocycles. The van der Waals surface area contributed by atoms with Crippen LogP contribution in [0.25, 0.3) is 0 Å². The van der Waals surface area contributed by atoms with Gasteiger partial charge in [-0.05, 0) is 26.0 Å². The number of aliphatic hydroxyl groups excluding tert-OH is 1. The van der Waals surface area contributed by atoms with Gasteiger partial charge in [0.25, 0.3) is 0 Å². The number of hydrogen-bond donors (Lipinski definition) is 2. The van der Waals surface area contributed by atoms with Gasteiger partial charge in [0.05, 0.1) is 26.4 Å². The molecule has 0 bridgehead atoms. The fourth-order valence-electron chi connectivity index (χ4n) is 1.90. The second-order valence-corrected chi connectivity index (χ2v) is 4.54. The highest BCUT2D eigenvalue weighted by molar-refractivity contribution is 5.46. The number of benzene rings is 1. The van der Waals surface area contributed by atoms with Crippen molar-refractivity contribution in [3.63, 3.8) is 0 Å². The summed E-state index contributed by atoms with van der Waals surface area (Å²) in [4.78, 5) is 0. The molecule has 1 rings (SSSR count). The molecule has 5 nitrogen and oxygen atoms in total. The van der Waals surface area contributed by atoms with Crippen LogP contribution in [0.5, 0.6) is 11.5 Å². The van der Waals surface area contributed by atoms with Crippen molar-refractivity contribution in [2.75, 3.05) is 39.6 Å². The second kappa shape index (κ2) is 11.4. The zero-order chi connectivity index (χ0) is 15.3. The van der Waals surface area contributed by atoms with Crippen LogP contribution in [-0.2, 0) is 11.3 Å². The number of nitrogens with one attached hydrogen (secondary N) is 1. The molecule has 0 aliphatic carbocycles. The molecule has 21 heavy (non-hydrogen) atoms. The first-order valence-electron chi connectivity index (χ1n) is 7.60. The van der Waals surface area contributed by atoms with Gasteiger partial charge in [-0.25, -0.2) is 0 Å². The van der Waals surface area contributed by atoms with E-state index in [-0.39, 0.29) is 6.61 Å². The molecule has 0 aliphatic rings. The summed E-state index contributed by atoms with van der Waals surface area (Å²) in [6.07, 6.45) is 1.09. The van der Waals surface area contributed by atoms with Gasteiger partial charge in [-0.3, -0.25) is 0 Å². The van der Waals surface area contributed by atoms with Crippen molar-refractivity contribution in [2.24, 2.45) is 0 Å². The average Bonchev–Trinajstić information content (AvgIpc) is 2.49. The van der Waals surface area contributed by atoms with Gasteiger partial charge in [0.2, 0.25) is 0 Å². The van der Waals surface area contributed by atoms with Crippen LogP contribution in [0.2, 0.25) is 0 Å². The molecule has 0 saturated heterocycles. The van der Waals surface area contributed by atoms with E-state index in [0.717, 1.165) is 36.6 Å². The fraction of sp³-hybridized carbons (Fsp3) is 0.625. The molecule has 0 unspecified atom stereocenters. The number of hydrogen-bond acceptors (Lipinski definition) is 5. The predicted molar refractivity (Wildman–Crippen MR) is 83.0 cm³/mol. The summed E-state index contributed by atoms with van der Waals surface area (Å²) in [6, 6.07) is 5.93. The Hall–Kier alpha value is -1.30. The largest absolute Gasteiger partial charge is 0.490 e. The van der Waals surface area contributed by atoms with Gasteiger partial charge >= 0.3 is 0 Å². The van der Waals surface area contributed by atoms with E-state index < -0.39 is 0 Å². The van der Waals surface area contributed by atoms with E-state index in [2.05, 4.69) is 12.2 Å². The SMILES string of the molecule is CCCNCc1cccc(OCC)c1OCCOCCO. The highest BCUT2D eigenvalue weighted by Crippen LogP contribution is 2.31. The lowest BCUT2D eigenvalue weighted by Gasteiger charge is -2.16. The maximum atomic E-state index is 8.67. The summed E-state index contributed by atoms with van der Waals surface area (Å²) < 4.78 is 16.7. The fourth-order valence-corrected chi connectivity index (χ4v) is 1.90. The van der Waals surface area contributed by atoms with E-state index in [9.17, 15) is 0 Å². The van der Waals surface area contributed by atoms with Gasteiger partial charge in [0.1, 0.15) is 6.61 Å². The molecular weight excluding hydrogens is 270 g/mol. The maximum Gasteiger partial charge on any atom is 0.165 e. The van der Waals surface area contributed by atoms with Crippen molar-refractivity contribution in [1.82, 2.24) is 5.32 Å². The Morgan fingerprint density at radius 3 is 2.67 bits per heavy atom. The van der Waals surface area contributed by atoms with Crippen LogP contribution < -0.4 is 14.8 Å². The van der Waals surface area contributed by atoms with E-state index in [4.69, 9.17) is 19.3 Å². The molecular formula is C16H27NO4. The van der Waals surface area contributed by atoms with E-state index in [1.54, 1.807) is 0 Å². The Kier molecular flexibility index (Phi) is 9.61. The van der Waals surface area contributed by atoms with Crippen LogP contribution in [0.15, 0.2) is 18.2 Å². The van der Waals surface area contributed by atoms with Gasteiger partial charge in [-0.15, -0.1) is 0 Å². The predicted octanol–water partition coefficient (Wildman–Crippen LogP) is 1.97. The summed E-state index contributed by atoms with van der Waals surface area (Å²) in [6.45, 7) is 7.66. The number of rotatable bonds is 12. The van der Waals surface area contributed by atoms with Crippen molar-refractivity contribution in [1.29, 1.82) is 0 Å². The third-order valence-electron chi connectivity index (χ3n) is 2.81. The normalized spacial score (nSPS) is 10.6. The Morgan fingerprint density at radius 1 is 1.10 bits per heavy atom. The number of ether oxygens (including phenoxy) is 3. The van der Waals surface area contributed by atoms with Crippen LogP contribution in [0.1, 0.15) is 25.8 Å². The first kappa shape index (κ1) is 17.8. The maximum absolute atomic E-state index is 8.67. The third-order valence-corrected chi connectivity index (χ3v) is 2.81. The van der Waals surface area contributed by atoms with E-state index in [1.165, 1.54) is 0 Å². The minimum Gasteiger partial charge on any atom is -0.490 e. The molecule has 0 atom stereocenters. The minimum atomic E-state index is 0.0295. The number of aliphatic hydroxyl groups is 1. The molecule has 0 radical (unpaired) electrons. The second-order valence-electron chi connectivity index (χ2n) is 4.54. The molecule has 5 heteroatoms. The van der Waals surface area contributed by atoms with Crippen LogP contribution in [0, 0.1) is 0 Å². The van der Waals surface area contributed by atoms with Crippen molar-refractivity contribution in [2.45, 2.75) is 26.8 Å². The molecule has 0 aliphatic heterocycles. The van der Waals surface area contributed by atoms with E-state index in [0.29, 0.717) is 26.4 Å². The van der Waals surface area contributed by atoms with Gasteiger partial charge in [0, 0.05) is 12.1 Å². The molecule has 0 saturated carbocycles. The molecule has 120 valence electrons. The topological polar surface area (TPSA) is 60.0 Å². The summed E-state index contributed by atoms with van der Waals surface area (Å²) in [5.74, 6) is 1.53. The Labute approximate surface area is 127 Å². The Balaban J connectivity index is 2.64. The minimum absolute atomic E-state index is 0.0295. The monoisotopic (exact) mass is 297 g/mol. The van der Waals surface area contributed by atoms with Gasteiger partial charge in [-0.1, -0.05) is 19.1 Å². The van der Waals surface area contributed by atoms with Crippen molar-refractivity contribution in [3.05, 3.63) is 23.8 Å². The molecule has 1 aromatic rings. The molecule has 0 spiro atoms. The van der Waals surface area contributed by atoms with Gasteiger partial charge in [0.15, 0.2) is 11.5 Å². The Morgan fingerprint density at radius 2 is 1.95 bits per heavy atom. The molecule has 0 heterocycles. The number of para-hydroxylation sites is 1. The molecule has 0 fully saturated rings. The molecule has 1 aromatic carbocycles. The van der Waals surface area contributed by atoms with Gasteiger partial charge < -0.3 is 24.6 Å². The third kappa shape index (κ3) is 6.80. The summed E-state index contributed by atoms with van der Waals surface area (Å²) >= 11 is 0. The van der Waals surface area contributed by atoms with Crippen molar-refractivity contribution in [3.8, 4) is 11.5 Å². The average molecular weight is 297 g/mol. The van der Waals surface area contributed by atoms with Crippen molar-refractivity contribution < 1.29 is 19.3 Å². The lowest BCUT2D eigenvalue weighted by molar-refractivity contribution is 0.0695. The van der Waals surface area contributed by atoms with Gasteiger partial charge in [-0.2, -0.15) is 0 Å². The summed E-state index contributed by atoms with van der Waals surface area (Å²) in [7, 11) is 0. The highest BCUT2D eigenvalue weighted by Gasteiger charge is 2.10. The lowest BCUT2D eigenvalue weighted by atomic mass is 10.2. The zero-order valence-corrected chi connectivity index (χ0v) is 13.1. The van der Waals surface area contributed by atoms with Crippen LogP contribution in [-0.4, -0.2) is 44.7 Å². The van der Waals surface area contributed by atoms with Crippen molar-refractivity contribution >= 4 is 0 Å². The zero-order valence-electron chi connectivity index (χ0n) is 13.1. The standard InChI is InChI=1S/C16H27NO4/c1-3-8-17-13-14-6-5-7-15(20-4-2)16(14)21-12-11-19-10-9-18/h5-7,17-18H,3-4,8-13H2,1-2H3. The first-order valence-corrected chi connectivity index (χ1v) is 7.60. The van der Waals surface area contributed by atoms with Crippen LogP contribution in [0.4, 0.5) is 0 Å². The first-order chi connectivity index (χ1) is 10.3. The summed E-state index contributed by atoms with van der Waals surface area (Å²) in [5, 5.41) is 12.0. The van der Waals surface area contributed by atoms with E-state index >= 15 is 0 Å². The molecule has 2 N–H and O–H groups in total.